The van der Waals surface area contributed by atoms with Crippen molar-refractivity contribution in [1.82, 2.24) is 4.90 Å². The smallest absolute Gasteiger partial charge is 0.126 e. The van der Waals surface area contributed by atoms with E-state index in [0.29, 0.717) is 31.9 Å². The molecule has 3 nitrogen and oxygen atoms in total. The average molecular weight is 238 g/mol. The Labute approximate surface area is 98.2 Å². The lowest BCUT2D eigenvalue weighted by Gasteiger charge is -2.30. The van der Waals surface area contributed by atoms with Gasteiger partial charge in [-0.25, -0.2) is 8.78 Å². The number of benzene rings is 1. The monoisotopic (exact) mass is 238 g/mol. The van der Waals surface area contributed by atoms with Crippen LogP contribution in [0.3, 0.4) is 0 Å². The third-order valence-electron chi connectivity index (χ3n) is 2.73. The minimum absolute atomic E-state index is 0.354. The van der Waals surface area contributed by atoms with Crippen molar-refractivity contribution in [2.75, 3.05) is 26.3 Å². The molecule has 0 spiro atoms. The minimum atomic E-state index is -0.659. The molecule has 1 aliphatic rings. The topological polar surface area (TPSA) is 36.3 Å². The zero-order valence-corrected chi connectivity index (χ0v) is 9.20. The molecule has 1 aromatic carbocycles. The number of rotatable bonds is 2. The molecule has 0 aliphatic carbocycles. The summed E-state index contributed by atoms with van der Waals surface area (Å²) in [5.41, 5.74) is 0.354. The Kier molecular flexibility index (Phi) is 3.67. The summed E-state index contributed by atoms with van der Waals surface area (Å²) in [6.45, 7) is 2.26. The van der Waals surface area contributed by atoms with Crippen LogP contribution in [0, 0.1) is 23.0 Å². The van der Waals surface area contributed by atoms with Crippen molar-refractivity contribution in [2.45, 2.75) is 6.04 Å². The summed E-state index contributed by atoms with van der Waals surface area (Å²) in [5, 5.41) is 9.14. The molecule has 1 aromatic rings. The first-order chi connectivity index (χ1) is 8.20. The maximum atomic E-state index is 13.1. The van der Waals surface area contributed by atoms with E-state index in [2.05, 4.69) is 6.07 Å². The summed E-state index contributed by atoms with van der Waals surface area (Å²) in [7, 11) is 0. The number of morpholine rings is 1. The summed E-state index contributed by atoms with van der Waals surface area (Å²) < 4.78 is 31.4. The van der Waals surface area contributed by atoms with Crippen molar-refractivity contribution < 1.29 is 13.5 Å². The van der Waals surface area contributed by atoms with Crippen molar-refractivity contribution in [3.05, 3.63) is 35.4 Å². The van der Waals surface area contributed by atoms with Crippen LogP contribution in [0.1, 0.15) is 11.6 Å². The second-order valence-corrected chi connectivity index (χ2v) is 3.88. The first-order valence-corrected chi connectivity index (χ1v) is 5.38. The highest BCUT2D eigenvalue weighted by molar-refractivity contribution is 5.26. The number of hydrogen-bond acceptors (Lipinski definition) is 3. The van der Waals surface area contributed by atoms with Gasteiger partial charge in [0, 0.05) is 19.2 Å². The Hall–Kier alpha value is -1.51. The molecule has 1 atom stereocenters. The van der Waals surface area contributed by atoms with E-state index in [4.69, 9.17) is 10.00 Å². The second kappa shape index (κ2) is 5.21. The minimum Gasteiger partial charge on any atom is -0.379 e. The highest BCUT2D eigenvalue weighted by Gasteiger charge is 2.23. The van der Waals surface area contributed by atoms with Crippen LogP contribution in [0.5, 0.6) is 0 Å². The van der Waals surface area contributed by atoms with Crippen molar-refractivity contribution >= 4 is 0 Å². The van der Waals surface area contributed by atoms with Gasteiger partial charge < -0.3 is 4.74 Å². The average Bonchev–Trinajstić information content (AvgIpc) is 2.30. The van der Waals surface area contributed by atoms with Gasteiger partial charge in [-0.3, -0.25) is 4.90 Å². The molecule has 0 saturated carbocycles. The molecule has 1 aliphatic heterocycles. The van der Waals surface area contributed by atoms with Crippen LogP contribution in [0.25, 0.3) is 0 Å². The van der Waals surface area contributed by atoms with E-state index in [9.17, 15) is 8.78 Å². The fraction of sp³-hybridized carbons (Fsp3) is 0.417. The van der Waals surface area contributed by atoms with Crippen LogP contribution in [-0.2, 0) is 4.74 Å². The molecule has 0 amide bonds. The molecular formula is C12H12F2N2O. The maximum absolute atomic E-state index is 13.1. The molecule has 90 valence electrons. The van der Waals surface area contributed by atoms with E-state index in [1.165, 1.54) is 12.1 Å². The lowest BCUT2D eigenvalue weighted by molar-refractivity contribution is 0.0265. The second-order valence-electron chi connectivity index (χ2n) is 3.88. The third-order valence-corrected chi connectivity index (χ3v) is 2.73. The Morgan fingerprint density at radius 3 is 2.29 bits per heavy atom. The van der Waals surface area contributed by atoms with Crippen molar-refractivity contribution in [3.63, 3.8) is 0 Å². The number of ether oxygens (including phenoxy) is 1. The standard InChI is InChI=1S/C12H12F2N2O/c13-10-5-9(6-11(14)7-10)12(8-15)16-1-3-17-4-2-16/h5-7,12H,1-4H2. The van der Waals surface area contributed by atoms with Crippen LogP contribution in [0.2, 0.25) is 0 Å². The van der Waals surface area contributed by atoms with Gasteiger partial charge in [0.15, 0.2) is 0 Å². The highest BCUT2D eigenvalue weighted by atomic mass is 19.1. The predicted molar refractivity (Wildman–Crippen MR) is 57.1 cm³/mol. The summed E-state index contributed by atoms with van der Waals surface area (Å²) in [4.78, 5) is 1.86. The van der Waals surface area contributed by atoms with Gasteiger partial charge in [0.05, 0.1) is 19.3 Å². The number of nitrogens with zero attached hydrogens (tertiary/aromatic N) is 2. The summed E-state index contributed by atoms with van der Waals surface area (Å²) in [5.74, 6) is -1.32. The zero-order chi connectivity index (χ0) is 12.3. The third kappa shape index (κ3) is 2.78. The van der Waals surface area contributed by atoms with E-state index in [0.717, 1.165) is 6.07 Å². The normalized spacial score (nSPS) is 18.6. The van der Waals surface area contributed by atoms with Crippen molar-refractivity contribution in [3.8, 4) is 6.07 Å². The maximum Gasteiger partial charge on any atom is 0.126 e. The molecule has 1 fully saturated rings. The molecule has 1 heterocycles. The van der Waals surface area contributed by atoms with Gasteiger partial charge in [0.2, 0.25) is 0 Å². The van der Waals surface area contributed by atoms with Gasteiger partial charge >= 0.3 is 0 Å². The molecule has 17 heavy (non-hydrogen) atoms. The molecule has 5 heteroatoms. The lowest BCUT2D eigenvalue weighted by Crippen LogP contribution is -2.38. The molecule has 0 bridgehead atoms. The quantitative estimate of drug-likeness (QED) is 0.789. The lowest BCUT2D eigenvalue weighted by atomic mass is 10.1. The summed E-state index contributed by atoms with van der Waals surface area (Å²) >= 11 is 0. The van der Waals surface area contributed by atoms with Gasteiger partial charge in [-0.1, -0.05) is 0 Å². The van der Waals surface area contributed by atoms with Crippen LogP contribution in [0.15, 0.2) is 18.2 Å². The van der Waals surface area contributed by atoms with Crippen LogP contribution < -0.4 is 0 Å². The van der Waals surface area contributed by atoms with Gasteiger partial charge in [0.25, 0.3) is 0 Å². The number of halogens is 2. The van der Waals surface area contributed by atoms with Gasteiger partial charge in [-0.2, -0.15) is 5.26 Å². The van der Waals surface area contributed by atoms with E-state index in [1.54, 1.807) is 0 Å². The molecular weight excluding hydrogens is 226 g/mol. The SMILES string of the molecule is N#CC(c1cc(F)cc(F)c1)N1CCOCC1. The first kappa shape index (κ1) is 12.0. The largest absolute Gasteiger partial charge is 0.379 e. The Morgan fingerprint density at radius 2 is 1.76 bits per heavy atom. The number of nitriles is 1. The van der Waals surface area contributed by atoms with Crippen LogP contribution in [0.4, 0.5) is 8.78 Å². The summed E-state index contributed by atoms with van der Waals surface area (Å²) in [6, 6.07) is 4.66. The molecule has 1 unspecified atom stereocenters. The van der Waals surface area contributed by atoms with E-state index in [1.807, 2.05) is 4.90 Å². The van der Waals surface area contributed by atoms with E-state index in [-0.39, 0.29) is 0 Å². The Morgan fingerprint density at radius 1 is 1.18 bits per heavy atom. The molecule has 0 aromatic heterocycles. The summed E-state index contributed by atoms with van der Waals surface area (Å²) in [6.07, 6.45) is 0. The van der Waals surface area contributed by atoms with Gasteiger partial charge in [-0.15, -0.1) is 0 Å². The zero-order valence-electron chi connectivity index (χ0n) is 9.20. The van der Waals surface area contributed by atoms with Gasteiger partial charge in [-0.05, 0) is 17.7 Å². The number of hydrogen-bond donors (Lipinski definition) is 0. The van der Waals surface area contributed by atoms with E-state index >= 15 is 0 Å². The van der Waals surface area contributed by atoms with E-state index < -0.39 is 17.7 Å². The van der Waals surface area contributed by atoms with Crippen LogP contribution >= 0.6 is 0 Å². The first-order valence-electron chi connectivity index (χ1n) is 5.38. The van der Waals surface area contributed by atoms with Crippen molar-refractivity contribution in [2.24, 2.45) is 0 Å². The molecule has 0 radical (unpaired) electrons. The van der Waals surface area contributed by atoms with Crippen molar-refractivity contribution in [1.29, 1.82) is 5.26 Å². The fourth-order valence-corrected chi connectivity index (χ4v) is 1.94. The predicted octanol–water partition coefficient (Wildman–Crippen LogP) is 1.86. The highest BCUT2D eigenvalue weighted by Crippen LogP contribution is 2.22. The van der Waals surface area contributed by atoms with Crippen LogP contribution in [-0.4, -0.2) is 31.2 Å². The molecule has 0 N–H and O–H groups in total. The molecule has 1 saturated heterocycles. The molecule has 2 rings (SSSR count). The fourth-order valence-electron chi connectivity index (χ4n) is 1.94. The van der Waals surface area contributed by atoms with Gasteiger partial charge in [0.1, 0.15) is 17.7 Å². The Bertz CT molecular complexity index is 418. The Balaban J connectivity index is 2.25.